The second-order valence-electron chi connectivity index (χ2n) is 7.76. The SMILES string of the molecule is CN1CC2(CCN(Cc3cccc4cnccc34)CC2)CC1C(=O)O. The maximum absolute atomic E-state index is 11.4. The molecule has 1 aromatic heterocycles. The quantitative estimate of drug-likeness (QED) is 0.931. The minimum atomic E-state index is -0.675. The average molecular weight is 339 g/mol. The number of piperidine rings is 1. The van der Waals surface area contributed by atoms with Crippen molar-refractivity contribution < 1.29 is 9.90 Å². The van der Waals surface area contributed by atoms with E-state index in [1.54, 1.807) is 0 Å². The Labute approximate surface area is 148 Å². The number of nitrogens with zero attached hydrogens (tertiary/aromatic N) is 3. The zero-order valence-electron chi connectivity index (χ0n) is 14.7. The lowest BCUT2D eigenvalue weighted by atomic mass is 9.76. The molecule has 1 aromatic carbocycles. The maximum Gasteiger partial charge on any atom is 0.320 e. The van der Waals surface area contributed by atoms with Crippen molar-refractivity contribution in [1.29, 1.82) is 0 Å². The van der Waals surface area contributed by atoms with Gasteiger partial charge in [-0.05, 0) is 61.8 Å². The number of rotatable bonds is 3. The molecule has 0 saturated carbocycles. The summed E-state index contributed by atoms with van der Waals surface area (Å²) >= 11 is 0. The van der Waals surface area contributed by atoms with Crippen LogP contribution in [0.5, 0.6) is 0 Å². The molecular formula is C20H25N3O2. The van der Waals surface area contributed by atoms with Crippen molar-refractivity contribution in [1.82, 2.24) is 14.8 Å². The number of benzene rings is 1. The second kappa shape index (κ2) is 6.39. The van der Waals surface area contributed by atoms with Gasteiger partial charge in [-0.25, -0.2) is 0 Å². The van der Waals surface area contributed by atoms with Crippen molar-refractivity contribution in [2.45, 2.75) is 31.8 Å². The van der Waals surface area contributed by atoms with E-state index in [2.05, 4.69) is 34.1 Å². The van der Waals surface area contributed by atoms with Gasteiger partial charge >= 0.3 is 5.97 Å². The number of aliphatic carboxylic acids is 1. The first kappa shape index (κ1) is 16.5. The molecule has 2 aliphatic heterocycles. The van der Waals surface area contributed by atoms with Crippen LogP contribution in [0.1, 0.15) is 24.8 Å². The summed E-state index contributed by atoms with van der Waals surface area (Å²) in [5.74, 6) is -0.675. The van der Waals surface area contributed by atoms with Gasteiger partial charge in [-0.3, -0.25) is 19.6 Å². The van der Waals surface area contributed by atoms with E-state index in [0.717, 1.165) is 45.4 Å². The third-order valence-corrected chi connectivity index (χ3v) is 6.11. The van der Waals surface area contributed by atoms with Crippen molar-refractivity contribution in [3.63, 3.8) is 0 Å². The van der Waals surface area contributed by atoms with Gasteiger partial charge < -0.3 is 5.11 Å². The van der Waals surface area contributed by atoms with E-state index in [1.807, 2.05) is 24.3 Å². The Hall–Kier alpha value is -1.98. The van der Waals surface area contributed by atoms with Crippen LogP contribution in [0.3, 0.4) is 0 Å². The van der Waals surface area contributed by atoms with E-state index in [-0.39, 0.29) is 11.5 Å². The van der Waals surface area contributed by atoms with Gasteiger partial charge in [0.2, 0.25) is 0 Å². The van der Waals surface area contributed by atoms with Gasteiger partial charge in [-0.15, -0.1) is 0 Å². The van der Waals surface area contributed by atoms with Crippen LogP contribution < -0.4 is 0 Å². The first-order valence-electron chi connectivity index (χ1n) is 9.03. The van der Waals surface area contributed by atoms with E-state index in [9.17, 15) is 9.90 Å². The molecule has 0 radical (unpaired) electrons. The molecule has 0 bridgehead atoms. The van der Waals surface area contributed by atoms with Crippen molar-refractivity contribution in [3.05, 3.63) is 42.2 Å². The summed E-state index contributed by atoms with van der Waals surface area (Å²) in [5.41, 5.74) is 1.54. The van der Waals surface area contributed by atoms with Crippen LogP contribution >= 0.6 is 0 Å². The lowest BCUT2D eigenvalue weighted by Gasteiger charge is -2.39. The Morgan fingerprint density at radius 3 is 2.84 bits per heavy atom. The molecule has 0 amide bonds. The molecule has 25 heavy (non-hydrogen) atoms. The lowest BCUT2D eigenvalue weighted by molar-refractivity contribution is -0.141. The molecule has 2 aromatic rings. The highest BCUT2D eigenvalue weighted by molar-refractivity contribution is 5.84. The highest BCUT2D eigenvalue weighted by Gasteiger charge is 2.46. The monoisotopic (exact) mass is 339 g/mol. The molecule has 1 spiro atoms. The minimum absolute atomic E-state index is 0.191. The number of likely N-dealkylation sites (N-methyl/N-ethyl adjacent to an activating group) is 1. The number of hydrogen-bond acceptors (Lipinski definition) is 4. The van der Waals surface area contributed by atoms with Gasteiger partial charge in [0.05, 0.1) is 0 Å². The molecule has 1 atom stereocenters. The fraction of sp³-hybridized carbons (Fsp3) is 0.500. The summed E-state index contributed by atoms with van der Waals surface area (Å²) in [6.45, 7) is 3.96. The summed E-state index contributed by atoms with van der Waals surface area (Å²) in [4.78, 5) is 20.2. The van der Waals surface area contributed by atoms with Crippen LogP contribution in [0.4, 0.5) is 0 Å². The van der Waals surface area contributed by atoms with Crippen molar-refractivity contribution in [2.24, 2.45) is 5.41 Å². The van der Waals surface area contributed by atoms with Crippen molar-refractivity contribution in [2.75, 3.05) is 26.7 Å². The first-order valence-corrected chi connectivity index (χ1v) is 9.03. The third kappa shape index (κ3) is 3.14. The molecule has 1 N–H and O–H groups in total. The number of pyridine rings is 1. The fourth-order valence-corrected chi connectivity index (χ4v) is 4.66. The predicted molar refractivity (Wildman–Crippen MR) is 97.4 cm³/mol. The molecule has 3 heterocycles. The lowest BCUT2D eigenvalue weighted by Crippen LogP contribution is -2.40. The molecule has 1 unspecified atom stereocenters. The number of likely N-dealkylation sites (tertiary alicyclic amines) is 2. The molecule has 2 saturated heterocycles. The van der Waals surface area contributed by atoms with Crippen LogP contribution in [-0.4, -0.2) is 58.6 Å². The van der Waals surface area contributed by atoms with Gasteiger partial charge in [-0.1, -0.05) is 18.2 Å². The molecule has 2 fully saturated rings. The van der Waals surface area contributed by atoms with Crippen LogP contribution in [0.25, 0.3) is 10.8 Å². The minimum Gasteiger partial charge on any atom is -0.480 e. The highest BCUT2D eigenvalue weighted by atomic mass is 16.4. The van der Waals surface area contributed by atoms with Crippen LogP contribution in [0, 0.1) is 5.41 Å². The average Bonchev–Trinajstić information content (AvgIpc) is 2.94. The van der Waals surface area contributed by atoms with Gasteiger partial charge in [-0.2, -0.15) is 0 Å². The maximum atomic E-state index is 11.4. The molecule has 5 nitrogen and oxygen atoms in total. The molecule has 5 heteroatoms. The van der Waals surface area contributed by atoms with Crippen LogP contribution in [0.15, 0.2) is 36.7 Å². The molecule has 0 aliphatic carbocycles. The topological polar surface area (TPSA) is 56.7 Å². The van der Waals surface area contributed by atoms with E-state index >= 15 is 0 Å². The number of carbonyl (C=O) groups is 1. The molecule has 132 valence electrons. The zero-order valence-corrected chi connectivity index (χ0v) is 14.7. The molecular weight excluding hydrogens is 314 g/mol. The number of fused-ring (bicyclic) bond motifs is 1. The normalized spacial score (nSPS) is 24.1. The van der Waals surface area contributed by atoms with Gasteiger partial charge in [0.25, 0.3) is 0 Å². The first-order chi connectivity index (χ1) is 12.1. The fourth-order valence-electron chi connectivity index (χ4n) is 4.66. The summed E-state index contributed by atoms with van der Waals surface area (Å²) in [6, 6.07) is 8.21. The smallest absolute Gasteiger partial charge is 0.320 e. The largest absolute Gasteiger partial charge is 0.480 e. The summed E-state index contributed by atoms with van der Waals surface area (Å²) in [5, 5.41) is 11.9. The Morgan fingerprint density at radius 2 is 2.12 bits per heavy atom. The van der Waals surface area contributed by atoms with Crippen LogP contribution in [0.2, 0.25) is 0 Å². The van der Waals surface area contributed by atoms with E-state index in [0.29, 0.717) is 0 Å². The Balaban J connectivity index is 1.43. The Kier molecular flexibility index (Phi) is 4.21. The van der Waals surface area contributed by atoms with Crippen molar-refractivity contribution >= 4 is 16.7 Å². The van der Waals surface area contributed by atoms with Gasteiger partial charge in [0.1, 0.15) is 6.04 Å². The standard InChI is InChI=1S/C20H25N3O2/c1-22-14-20(11-18(22)19(24)25)6-9-23(10-7-20)13-16-4-2-3-15-12-21-8-5-17(15)16/h2-5,8,12,18H,6-7,9-11,13-14H2,1H3,(H,24,25). The summed E-state index contributed by atoms with van der Waals surface area (Å²) in [6.07, 6.45) is 6.76. The van der Waals surface area contributed by atoms with Crippen LogP contribution in [-0.2, 0) is 11.3 Å². The Bertz CT molecular complexity index is 778. The zero-order chi connectivity index (χ0) is 17.4. The van der Waals surface area contributed by atoms with E-state index in [1.165, 1.54) is 16.3 Å². The van der Waals surface area contributed by atoms with E-state index < -0.39 is 5.97 Å². The van der Waals surface area contributed by atoms with Gasteiger partial charge in [0.15, 0.2) is 0 Å². The predicted octanol–water partition coefficient (Wildman–Crippen LogP) is 2.61. The number of aromatic nitrogens is 1. The summed E-state index contributed by atoms with van der Waals surface area (Å²) < 4.78 is 0. The molecule has 2 aliphatic rings. The second-order valence-corrected chi connectivity index (χ2v) is 7.76. The van der Waals surface area contributed by atoms with Gasteiger partial charge in [0, 0.05) is 30.9 Å². The third-order valence-electron chi connectivity index (χ3n) is 6.11. The highest BCUT2D eigenvalue weighted by Crippen LogP contribution is 2.43. The van der Waals surface area contributed by atoms with Crippen molar-refractivity contribution in [3.8, 4) is 0 Å². The number of carboxylic acids is 1. The number of hydrogen-bond donors (Lipinski definition) is 1. The Morgan fingerprint density at radius 1 is 1.32 bits per heavy atom. The summed E-state index contributed by atoms with van der Waals surface area (Å²) in [7, 11) is 1.95. The molecule has 4 rings (SSSR count). The number of carboxylic acid groups (broad SMARTS) is 1. The van der Waals surface area contributed by atoms with E-state index in [4.69, 9.17) is 0 Å².